The monoisotopic (exact) mass is 479 g/mol. The molecular weight excluding hydrogens is 450 g/mol. The van der Waals surface area contributed by atoms with Crippen molar-refractivity contribution in [1.82, 2.24) is 25.1 Å². The van der Waals surface area contributed by atoms with Gasteiger partial charge in [-0.05, 0) is 17.7 Å². The van der Waals surface area contributed by atoms with E-state index in [-0.39, 0.29) is 0 Å². The smallest absolute Gasteiger partial charge is 0.200 e. The molecule has 1 aliphatic heterocycles. The summed E-state index contributed by atoms with van der Waals surface area (Å²) in [4.78, 5) is 16.0. The van der Waals surface area contributed by atoms with Crippen LogP contribution in [0.4, 0.5) is 0 Å². The van der Waals surface area contributed by atoms with E-state index in [0.29, 0.717) is 5.82 Å². The number of H-pyrrole nitrogens is 1. The van der Waals surface area contributed by atoms with Crippen LogP contribution in [0.5, 0.6) is 0 Å². The van der Waals surface area contributed by atoms with Gasteiger partial charge in [-0.1, -0.05) is 54.6 Å². The Morgan fingerprint density at radius 2 is 1.69 bits per heavy atom. The molecule has 0 radical (unpaired) electrons. The number of rotatable bonds is 6. The largest absolute Gasteiger partial charge is 0.370 e. The number of hydrogen-bond acceptors (Lipinski definition) is 5. The standard InChI is InChI=1S/C28H27N7O/c29-17-19-6-8-21(9-7-19)26-22(20-4-2-1-3-5-20)16-23-24(31-26)10-11-30-27(23)28-32-25(33-34-28)18-35-12-14-36-15-13-35/h1-11,16H,12-15,17-18,29H2,(H,32,33,34)/p+2. The number of hydrogen-bond donors (Lipinski definition) is 3. The van der Waals surface area contributed by atoms with E-state index in [1.54, 1.807) is 6.20 Å². The maximum absolute atomic E-state index is 5.47. The number of fused-ring (bicyclic) bond motifs is 1. The molecule has 6 rings (SSSR count). The highest BCUT2D eigenvalue weighted by atomic mass is 16.5. The number of aromatic amines is 1. The molecule has 8 heteroatoms. The first-order valence-corrected chi connectivity index (χ1v) is 12.3. The van der Waals surface area contributed by atoms with Crippen molar-refractivity contribution in [3.05, 3.63) is 84.3 Å². The van der Waals surface area contributed by atoms with Crippen molar-refractivity contribution in [3.8, 4) is 33.9 Å². The third-order valence-electron chi connectivity index (χ3n) is 6.70. The molecule has 3 aromatic heterocycles. The van der Waals surface area contributed by atoms with Gasteiger partial charge < -0.3 is 15.4 Å². The second kappa shape index (κ2) is 9.94. The highest BCUT2D eigenvalue weighted by Gasteiger charge is 2.20. The van der Waals surface area contributed by atoms with Gasteiger partial charge in [0, 0.05) is 28.3 Å². The number of nitrogens with one attached hydrogen (secondary N) is 2. The Balaban J connectivity index is 1.45. The zero-order valence-corrected chi connectivity index (χ0v) is 20.1. The van der Waals surface area contributed by atoms with Gasteiger partial charge in [-0.15, -0.1) is 0 Å². The average molecular weight is 480 g/mol. The van der Waals surface area contributed by atoms with Crippen molar-refractivity contribution < 1.29 is 15.4 Å². The first-order valence-electron chi connectivity index (χ1n) is 12.3. The molecule has 0 saturated carbocycles. The molecule has 2 aromatic carbocycles. The Labute approximate surface area is 209 Å². The molecule has 1 fully saturated rings. The van der Waals surface area contributed by atoms with Crippen LogP contribution in [0.15, 0.2) is 72.9 Å². The lowest BCUT2D eigenvalue weighted by Gasteiger charge is -2.22. The van der Waals surface area contributed by atoms with Gasteiger partial charge in [0.05, 0.1) is 31.0 Å². The molecule has 0 aliphatic carbocycles. The van der Waals surface area contributed by atoms with Crippen molar-refractivity contribution in [2.75, 3.05) is 26.3 Å². The number of quaternary nitrogens is 2. The van der Waals surface area contributed by atoms with Gasteiger partial charge in [-0.2, -0.15) is 5.10 Å². The van der Waals surface area contributed by atoms with Crippen LogP contribution in [0.25, 0.3) is 44.8 Å². The van der Waals surface area contributed by atoms with Crippen molar-refractivity contribution in [3.63, 3.8) is 0 Å². The Kier molecular flexibility index (Phi) is 6.21. The Morgan fingerprint density at radius 1 is 0.889 bits per heavy atom. The third kappa shape index (κ3) is 4.49. The fourth-order valence-corrected chi connectivity index (χ4v) is 4.72. The SMILES string of the molecule is [NH3+]Cc1ccc(-c2nc3ccnc(-c4n[nH]c(C[NH+]5CCOCC5)n4)c3cc2-c2ccccc2)cc1. The quantitative estimate of drug-likeness (QED) is 0.345. The lowest BCUT2D eigenvalue weighted by molar-refractivity contribution is -0.922. The number of aromatic nitrogens is 5. The normalized spacial score (nSPS) is 14.4. The van der Waals surface area contributed by atoms with E-state index in [9.17, 15) is 0 Å². The molecule has 0 amide bonds. The van der Waals surface area contributed by atoms with Crippen LogP contribution >= 0.6 is 0 Å². The van der Waals surface area contributed by atoms with E-state index in [0.717, 1.165) is 84.2 Å². The number of nitrogens with zero attached hydrogens (tertiary/aromatic N) is 4. The van der Waals surface area contributed by atoms with Crippen molar-refractivity contribution >= 4 is 10.9 Å². The molecule has 0 atom stereocenters. The maximum Gasteiger partial charge on any atom is 0.200 e. The molecule has 5 N–H and O–H groups in total. The zero-order chi connectivity index (χ0) is 24.3. The predicted molar refractivity (Wildman–Crippen MR) is 138 cm³/mol. The number of benzene rings is 2. The molecule has 36 heavy (non-hydrogen) atoms. The van der Waals surface area contributed by atoms with E-state index in [4.69, 9.17) is 14.7 Å². The Morgan fingerprint density at radius 3 is 2.47 bits per heavy atom. The fourth-order valence-electron chi connectivity index (χ4n) is 4.72. The predicted octanol–water partition coefficient (Wildman–Crippen LogP) is 1.91. The molecule has 0 spiro atoms. The first-order chi connectivity index (χ1) is 17.8. The molecule has 0 bridgehead atoms. The van der Waals surface area contributed by atoms with Gasteiger partial charge in [0.1, 0.15) is 25.3 Å². The maximum atomic E-state index is 5.47. The summed E-state index contributed by atoms with van der Waals surface area (Å²) in [6.07, 6.45) is 1.78. The van der Waals surface area contributed by atoms with E-state index < -0.39 is 0 Å². The van der Waals surface area contributed by atoms with Gasteiger partial charge in [-0.3, -0.25) is 10.1 Å². The van der Waals surface area contributed by atoms with Gasteiger partial charge in [-0.25, -0.2) is 9.97 Å². The molecule has 1 saturated heterocycles. The van der Waals surface area contributed by atoms with E-state index >= 15 is 0 Å². The van der Waals surface area contributed by atoms with E-state index in [1.165, 1.54) is 10.5 Å². The molecule has 8 nitrogen and oxygen atoms in total. The van der Waals surface area contributed by atoms with Gasteiger partial charge in [0.15, 0.2) is 5.82 Å². The summed E-state index contributed by atoms with van der Waals surface area (Å²) >= 11 is 0. The van der Waals surface area contributed by atoms with Gasteiger partial charge >= 0.3 is 0 Å². The lowest BCUT2D eigenvalue weighted by Crippen LogP contribution is -3.12. The zero-order valence-electron chi connectivity index (χ0n) is 20.1. The van der Waals surface area contributed by atoms with E-state index in [1.807, 2.05) is 12.1 Å². The summed E-state index contributed by atoms with van der Waals surface area (Å²) in [7, 11) is 0. The van der Waals surface area contributed by atoms with Gasteiger partial charge in [0.25, 0.3) is 0 Å². The second-order valence-electron chi connectivity index (χ2n) is 9.07. The molecule has 4 heterocycles. The summed E-state index contributed by atoms with van der Waals surface area (Å²) in [5.41, 5.74) is 10.9. The second-order valence-corrected chi connectivity index (χ2v) is 9.07. The van der Waals surface area contributed by atoms with Crippen molar-refractivity contribution in [2.24, 2.45) is 0 Å². The number of ether oxygens (including phenoxy) is 1. The summed E-state index contributed by atoms with van der Waals surface area (Å²) in [5, 5.41) is 8.58. The van der Waals surface area contributed by atoms with Crippen molar-refractivity contribution in [1.29, 1.82) is 0 Å². The highest BCUT2D eigenvalue weighted by Crippen LogP contribution is 2.35. The minimum atomic E-state index is 0.594. The van der Waals surface area contributed by atoms with Crippen LogP contribution in [-0.4, -0.2) is 51.5 Å². The average Bonchev–Trinajstić information content (AvgIpc) is 3.41. The van der Waals surface area contributed by atoms with Crippen LogP contribution in [0.3, 0.4) is 0 Å². The summed E-state index contributed by atoms with van der Waals surface area (Å²) in [6, 6.07) is 23.0. The Hall–Kier alpha value is -3.98. The molecule has 5 aromatic rings. The highest BCUT2D eigenvalue weighted by molar-refractivity contribution is 5.97. The summed E-state index contributed by atoms with van der Waals surface area (Å²) < 4.78 is 5.47. The first kappa shape index (κ1) is 22.5. The molecule has 0 unspecified atom stereocenters. The molecule has 1 aliphatic rings. The topological polar surface area (TPSA) is 109 Å². The minimum Gasteiger partial charge on any atom is -0.370 e. The number of pyridine rings is 2. The number of morpholine rings is 1. The van der Waals surface area contributed by atoms with Gasteiger partial charge in [0.2, 0.25) is 5.82 Å². The third-order valence-corrected chi connectivity index (χ3v) is 6.70. The summed E-state index contributed by atoms with van der Waals surface area (Å²) in [5.74, 6) is 1.45. The van der Waals surface area contributed by atoms with Crippen LogP contribution in [0.1, 0.15) is 11.4 Å². The molecule has 180 valence electrons. The van der Waals surface area contributed by atoms with Crippen LogP contribution < -0.4 is 10.6 Å². The van der Waals surface area contributed by atoms with Crippen LogP contribution in [0.2, 0.25) is 0 Å². The lowest BCUT2D eigenvalue weighted by atomic mass is 9.96. The Bertz CT molecular complexity index is 1480. The minimum absolute atomic E-state index is 0.594. The van der Waals surface area contributed by atoms with E-state index in [2.05, 4.69) is 75.5 Å². The fraction of sp³-hybridized carbons (Fsp3) is 0.214. The van der Waals surface area contributed by atoms with Crippen LogP contribution in [-0.2, 0) is 17.8 Å². The summed E-state index contributed by atoms with van der Waals surface area (Å²) in [6.45, 7) is 5.08. The molecular formula is C28H29N7O+2. The van der Waals surface area contributed by atoms with Crippen molar-refractivity contribution in [2.45, 2.75) is 13.1 Å². The van der Waals surface area contributed by atoms with Crippen LogP contribution in [0, 0.1) is 0 Å².